The van der Waals surface area contributed by atoms with Crippen molar-refractivity contribution in [3.05, 3.63) is 23.8 Å². The zero-order valence-corrected chi connectivity index (χ0v) is 13.8. The summed E-state index contributed by atoms with van der Waals surface area (Å²) in [6.45, 7) is 8.17. The minimum atomic E-state index is -0.468. The van der Waals surface area contributed by atoms with E-state index < -0.39 is 5.60 Å². The molecular weight excluding hydrogens is 280 g/mol. The zero-order valence-electron chi connectivity index (χ0n) is 13.8. The molecule has 0 bridgehead atoms. The average molecular weight is 306 g/mol. The van der Waals surface area contributed by atoms with E-state index in [-0.39, 0.29) is 18.2 Å². The maximum Gasteiger partial charge on any atom is 0.407 e. The molecule has 0 spiro atoms. The van der Waals surface area contributed by atoms with Crippen LogP contribution in [0.15, 0.2) is 12.3 Å². The Kier molecular flexibility index (Phi) is 5.34. The Morgan fingerprint density at radius 3 is 2.77 bits per heavy atom. The lowest BCUT2D eigenvalue weighted by Crippen LogP contribution is -2.47. The minimum absolute atomic E-state index is 0.109. The lowest BCUT2D eigenvalue weighted by atomic mass is 10.1. The number of hydrogen-bond donors (Lipinski definition) is 2. The standard InChI is InChI=1S/C16H26N4O2/c1-11-17-9-8-12(19-11)10-18-13-6-5-7-14(13)20-15(21)22-16(2,3)4/h8-9,13-14,18H,5-7,10H2,1-4H3,(H,20,21). The maximum atomic E-state index is 11.9. The molecule has 0 radical (unpaired) electrons. The van der Waals surface area contributed by atoms with Crippen LogP contribution in [0.1, 0.15) is 51.6 Å². The minimum Gasteiger partial charge on any atom is -0.444 e. The van der Waals surface area contributed by atoms with Crippen molar-refractivity contribution in [2.45, 2.75) is 71.2 Å². The van der Waals surface area contributed by atoms with Crippen LogP contribution in [-0.2, 0) is 11.3 Å². The van der Waals surface area contributed by atoms with Gasteiger partial charge < -0.3 is 15.4 Å². The predicted octanol–water partition coefficient (Wildman–Crippen LogP) is 2.32. The van der Waals surface area contributed by atoms with E-state index in [1.54, 1.807) is 6.20 Å². The number of aryl methyl sites for hydroxylation is 1. The molecule has 2 N–H and O–H groups in total. The molecule has 1 aromatic rings. The van der Waals surface area contributed by atoms with Gasteiger partial charge in [0.05, 0.1) is 5.69 Å². The Balaban J connectivity index is 1.84. The van der Waals surface area contributed by atoms with Gasteiger partial charge in [-0.2, -0.15) is 0 Å². The van der Waals surface area contributed by atoms with E-state index in [1.165, 1.54) is 0 Å². The zero-order chi connectivity index (χ0) is 16.2. The topological polar surface area (TPSA) is 76.1 Å². The van der Waals surface area contributed by atoms with E-state index in [0.29, 0.717) is 6.54 Å². The van der Waals surface area contributed by atoms with Gasteiger partial charge in [-0.05, 0) is 53.0 Å². The predicted molar refractivity (Wildman–Crippen MR) is 84.4 cm³/mol. The Morgan fingerprint density at radius 2 is 2.09 bits per heavy atom. The van der Waals surface area contributed by atoms with Crippen molar-refractivity contribution in [3.63, 3.8) is 0 Å². The molecule has 2 unspecified atom stereocenters. The molecule has 0 aliphatic heterocycles. The number of amides is 1. The normalized spacial score (nSPS) is 21.6. The smallest absolute Gasteiger partial charge is 0.407 e. The number of carbonyl (C=O) groups excluding carboxylic acids is 1. The van der Waals surface area contributed by atoms with Crippen molar-refractivity contribution < 1.29 is 9.53 Å². The summed E-state index contributed by atoms with van der Waals surface area (Å²) in [6, 6.07) is 2.27. The van der Waals surface area contributed by atoms with Crippen molar-refractivity contribution >= 4 is 6.09 Å². The fraction of sp³-hybridized carbons (Fsp3) is 0.688. The second kappa shape index (κ2) is 7.05. The van der Waals surface area contributed by atoms with Crippen molar-refractivity contribution in [2.75, 3.05) is 0 Å². The van der Waals surface area contributed by atoms with E-state index in [0.717, 1.165) is 30.8 Å². The van der Waals surface area contributed by atoms with Crippen LogP contribution in [0, 0.1) is 6.92 Å². The van der Waals surface area contributed by atoms with Gasteiger partial charge in [0.15, 0.2) is 0 Å². The monoisotopic (exact) mass is 306 g/mol. The number of alkyl carbamates (subject to hydrolysis) is 1. The summed E-state index contributed by atoms with van der Waals surface area (Å²) in [5.41, 5.74) is 0.500. The van der Waals surface area contributed by atoms with Crippen molar-refractivity contribution in [2.24, 2.45) is 0 Å². The summed E-state index contributed by atoms with van der Waals surface area (Å²) in [5, 5.41) is 6.46. The first-order chi connectivity index (χ1) is 10.3. The second-order valence-corrected chi connectivity index (χ2v) is 6.77. The van der Waals surface area contributed by atoms with Gasteiger partial charge in [0.2, 0.25) is 0 Å². The largest absolute Gasteiger partial charge is 0.444 e. The van der Waals surface area contributed by atoms with E-state index in [4.69, 9.17) is 4.74 Å². The number of hydrogen-bond acceptors (Lipinski definition) is 5. The lowest BCUT2D eigenvalue weighted by molar-refractivity contribution is 0.0498. The molecule has 0 aromatic carbocycles. The second-order valence-electron chi connectivity index (χ2n) is 6.77. The first kappa shape index (κ1) is 16.7. The SMILES string of the molecule is Cc1nccc(CNC2CCCC2NC(=O)OC(C)(C)C)n1. The highest BCUT2D eigenvalue weighted by molar-refractivity contribution is 5.68. The van der Waals surface area contributed by atoms with Crippen LogP contribution in [0.4, 0.5) is 4.79 Å². The number of rotatable bonds is 4. The molecule has 6 nitrogen and oxygen atoms in total. The van der Waals surface area contributed by atoms with Gasteiger partial charge in [-0.3, -0.25) is 0 Å². The van der Waals surface area contributed by atoms with Gasteiger partial charge >= 0.3 is 6.09 Å². The quantitative estimate of drug-likeness (QED) is 0.893. The van der Waals surface area contributed by atoms with Gasteiger partial charge in [-0.15, -0.1) is 0 Å². The summed E-state index contributed by atoms with van der Waals surface area (Å²) in [7, 11) is 0. The third-order valence-corrected chi connectivity index (χ3v) is 3.60. The Morgan fingerprint density at radius 1 is 1.36 bits per heavy atom. The number of nitrogens with one attached hydrogen (secondary N) is 2. The van der Waals surface area contributed by atoms with E-state index in [2.05, 4.69) is 20.6 Å². The molecule has 1 aliphatic rings. The molecule has 0 saturated heterocycles. The fourth-order valence-electron chi connectivity index (χ4n) is 2.68. The Labute approximate surface area is 132 Å². The molecular formula is C16H26N4O2. The first-order valence-corrected chi connectivity index (χ1v) is 7.85. The van der Waals surface area contributed by atoms with Crippen LogP contribution < -0.4 is 10.6 Å². The third-order valence-electron chi connectivity index (χ3n) is 3.60. The number of aromatic nitrogens is 2. The van der Waals surface area contributed by atoms with Crippen molar-refractivity contribution in [1.29, 1.82) is 0 Å². The van der Waals surface area contributed by atoms with Gasteiger partial charge in [-0.1, -0.05) is 0 Å². The molecule has 1 aliphatic carbocycles. The van der Waals surface area contributed by atoms with Crippen LogP contribution >= 0.6 is 0 Å². The third kappa shape index (κ3) is 5.26. The molecule has 6 heteroatoms. The van der Waals surface area contributed by atoms with E-state index >= 15 is 0 Å². The molecule has 1 saturated carbocycles. The summed E-state index contributed by atoms with van der Waals surface area (Å²) in [4.78, 5) is 20.4. The molecule has 122 valence electrons. The van der Waals surface area contributed by atoms with Crippen molar-refractivity contribution in [1.82, 2.24) is 20.6 Å². The molecule has 1 amide bonds. The van der Waals surface area contributed by atoms with E-state index in [1.807, 2.05) is 33.8 Å². The van der Waals surface area contributed by atoms with Crippen LogP contribution in [0.2, 0.25) is 0 Å². The summed E-state index contributed by atoms with van der Waals surface area (Å²) in [6.07, 6.45) is 4.54. The molecule has 1 fully saturated rings. The Hall–Kier alpha value is -1.69. The molecule has 1 heterocycles. The van der Waals surface area contributed by atoms with Gasteiger partial charge in [-0.25, -0.2) is 14.8 Å². The molecule has 1 aromatic heterocycles. The van der Waals surface area contributed by atoms with Crippen LogP contribution in [0.25, 0.3) is 0 Å². The highest BCUT2D eigenvalue weighted by Gasteiger charge is 2.29. The number of nitrogens with zero attached hydrogens (tertiary/aromatic N) is 2. The molecule has 22 heavy (non-hydrogen) atoms. The number of ether oxygens (including phenoxy) is 1. The molecule has 2 rings (SSSR count). The van der Waals surface area contributed by atoms with Crippen LogP contribution in [0.3, 0.4) is 0 Å². The van der Waals surface area contributed by atoms with Crippen molar-refractivity contribution in [3.8, 4) is 0 Å². The van der Waals surface area contributed by atoms with Crippen LogP contribution in [0.5, 0.6) is 0 Å². The summed E-state index contributed by atoms with van der Waals surface area (Å²) >= 11 is 0. The Bertz CT molecular complexity index is 513. The maximum absolute atomic E-state index is 11.9. The highest BCUT2D eigenvalue weighted by Crippen LogP contribution is 2.20. The first-order valence-electron chi connectivity index (χ1n) is 7.85. The van der Waals surface area contributed by atoms with Gasteiger partial charge in [0.25, 0.3) is 0 Å². The fourth-order valence-corrected chi connectivity index (χ4v) is 2.68. The van der Waals surface area contributed by atoms with Gasteiger partial charge in [0.1, 0.15) is 11.4 Å². The lowest BCUT2D eigenvalue weighted by Gasteiger charge is -2.25. The molecule has 2 atom stereocenters. The number of carbonyl (C=O) groups is 1. The highest BCUT2D eigenvalue weighted by atomic mass is 16.6. The van der Waals surface area contributed by atoms with Crippen LogP contribution in [-0.4, -0.2) is 33.7 Å². The van der Waals surface area contributed by atoms with E-state index in [9.17, 15) is 4.79 Å². The summed E-state index contributed by atoms with van der Waals surface area (Å²) in [5.74, 6) is 0.772. The average Bonchev–Trinajstić information content (AvgIpc) is 2.81. The van der Waals surface area contributed by atoms with Gasteiger partial charge in [0, 0.05) is 24.8 Å². The summed E-state index contributed by atoms with van der Waals surface area (Å²) < 4.78 is 5.33.